The minimum atomic E-state index is 0.0221. The van der Waals surface area contributed by atoms with Crippen LogP contribution in [0.1, 0.15) is 13.8 Å². The van der Waals surface area contributed by atoms with Gasteiger partial charge in [0.2, 0.25) is 0 Å². The van der Waals surface area contributed by atoms with Crippen LogP contribution < -0.4 is 5.32 Å². The monoisotopic (exact) mass is 149 g/mol. The Morgan fingerprint density at radius 1 is 1.36 bits per heavy atom. The molecule has 0 aliphatic heterocycles. The van der Waals surface area contributed by atoms with E-state index in [4.69, 9.17) is 0 Å². The van der Waals surface area contributed by atoms with Crippen molar-refractivity contribution in [3.63, 3.8) is 0 Å². The Labute approximate surface area is 68.5 Å². The van der Waals surface area contributed by atoms with E-state index in [1.54, 1.807) is 0 Å². The van der Waals surface area contributed by atoms with Crippen molar-refractivity contribution in [1.82, 2.24) is 5.32 Å². The van der Waals surface area contributed by atoms with Crippen molar-refractivity contribution in [1.29, 1.82) is 0 Å². The van der Waals surface area contributed by atoms with Gasteiger partial charge < -0.3 is 5.32 Å². The molecule has 0 heterocycles. The molecule has 1 nitrogen and oxygen atoms in total. The summed E-state index contributed by atoms with van der Waals surface area (Å²) in [6.07, 6.45) is 10.7. The Kier molecular flexibility index (Phi) is 2.30. The first kappa shape index (κ1) is 8.28. The first-order chi connectivity index (χ1) is 5.16. The molecule has 0 bridgehead atoms. The molecule has 0 radical (unpaired) electrons. The largest absolute Gasteiger partial charge is 0.308 e. The zero-order valence-corrected chi connectivity index (χ0v) is 7.39. The molecule has 1 unspecified atom stereocenters. The fraction of sp³-hybridized carbons (Fsp3) is 0.400. The van der Waals surface area contributed by atoms with Crippen molar-refractivity contribution in [2.75, 3.05) is 7.05 Å². The summed E-state index contributed by atoms with van der Waals surface area (Å²) in [6, 6.07) is 0. The molecule has 0 saturated carbocycles. The highest BCUT2D eigenvalue weighted by Crippen LogP contribution is 2.13. The van der Waals surface area contributed by atoms with Crippen LogP contribution in [0.4, 0.5) is 0 Å². The van der Waals surface area contributed by atoms with Crippen molar-refractivity contribution in [3.05, 3.63) is 36.0 Å². The summed E-state index contributed by atoms with van der Waals surface area (Å²) in [4.78, 5) is 0. The Hall–Kier alpha value is -0.820. The maximum Gasteiger partial charge on any atom is 0.0525 e. The Morgan fingerprint density at radius 2 is 2.09 bits per heavy atom. The maximum atomic E-state index is 3.23. The van der Waals surface area contributed by atoms with Gasteiger partial charge in [0.1, 0.15) is 0 Å². The first-order valence-electron chi connectivity index (χ1n) is 3.90. The summed E-state index contributed by atoms with van der Waals surface area (Å²) in [5.41, 5.74) is 1.31. The van der Waals surface area contributed by atoms with Crippen LogP contribution in [0.15, 0.2) is 36.0 Å². The van der Waals surface area contributed by atoms with E-state index in [0.29, 0.717) is 0 Å². The summed E-state index contributed by atoms with van der Waals surface area (Å²) < 4.78 is 0. The van der Waals surface area contributed by atoms with E-state index in [1.165, 1.54) is 5.57 Å². The molecule has 0 amide bonds. The van der Waals surface area contributed by atoms with Gasteiger partial charge in [-0.25, -0.2) is 0 Å². The Morgan fingerprint density at radius 3 is 2.73 bits per heavy atom. The average molecular weight is 149 g/mol. The molecule has 0 saturated heterocycles. The topological polar surface area (TPSA) is 12.0 Å². The molecule has 11 heavy (non-hydrogen) atoms. The van der Waals surface area contributed by atoms with E-state index in [2.05, 4.69) is 49.5 Å². The van der Waals surface area contributed by atoms with Crippen LogP contribution in [0.3, 0.4) is 0 Å². The van der Waals surface area contributed by atoms with Crippen molar-refractivity contribution in [2.45, 2.75) is 19.4 Å². The van der Waals surface area contributed by atoms with Crippen molar-refractivity contribution < 1.29 is 0 Å². The van der Waals surface area contributed by atoms with Gasteiger partial charge in [-0.2, -0.15) is 0 Å². The lowest BCUT2D eigenvalue weighted by molar-refractivity contribution is 0.589. The van der Waals surface area contributed by atoms with Gasteiger partial charge in [-0.15, -0.1) is 0 Å². The zero-order valence-electron chi connectivity index (χ0n) is 7.39. The molecule has 1 aliphatic carbocycles. The van der Waals surface area contributed by atoms with E-state index in [-0.39, 0.29) is 5.54 Å². The summed E-state index contributed by atoms with van der Waals surface area (Å²) >= 11 is 0. The molecule has 1 heteroatoms. The average Bonchev–Trinajstić information content (AvgIpc) is 2.15. The summed E-state index contributed by atoms with van der Waals surface area (Å²) in [6.45, 7) is 4.24. The lowest BCUT2D eigenvalue weighted by Gasteiger charge is -2.19. The second-order valence-corrected chi connectivity index (χ2v) is 3.14. The predicted molar refractivity (Wildman–Crippen MR) is 49.5 cm³/mol. The highest BCUT2D eigenvalue weighted by Gasteiger charge is 2.13. The fourth-order valence-electron chi connectivity index (χ4n) is 0.982. The molecule has 1 aliphatic rings. The van der Waals surface area contributed by atoms with Crippen molar-refractivity contribution in [3.8, 4) is 0 Å². The standard InChI is InChI=1S/C10H15N/c1-9-5-4-7-10(2,11-3)8-6-9/h4-8,11H,1-3H3. The smallest absolute Gasteiger partial charge is 0.0525 e. The fourth-order valence-corrected chi connectivity index (χ4v) is 0.982. The number of hydrogen-bond acceptors (Lipinski definition) is 1. The molecule has 60 valence electrons. The van der Waals surface area contributed by atoms with Gasteiger partial charge >= 0.3 is 0 Å². The van der Waals surface area contributed by atoms with E-state index in [9.17, 15) is 0 Å². The molecule has 0 fully saturated rings. The van der Waals surface area contributed by atoms with Gasteiger partial charge in [-0.1, -0.05) is 36.0 Å². The number of rotatable bonds is 1. The molecule has 0 aromatic carbocycles. The number of hydrogen-bond donors (Lipinski definition) is 1. The normalized spacial score (nSPS) is 29.9. The molecule has 0 spiro atoms. The Bertz CT molecular complexity index is 223. The third-order valence-corrected chi connectivity index (χ3v) is 2.03. The van der Waals surface area contributed by atoms with Crippen molar-refractivity contribution >= 4 is 0 Å². The predicted octanol–water partition coefficient (Wildman–Crippen LogP) is 2.04. The van der Waals surface area contributed by atoms with E-state index in [1.807, 2.05) is 7.05 Å². The minimum absolute atomic E-state index is 0.0221. The van der Waals surface area contributed by atoms with Crippen molar-refractivity contribution in [2.24, 2.45) is 0 Å². The van der Waals surface area contributed by atoms with E-state index in [0.717, 1.165) is 0 Å². The van der Waals surface area contributed by atoms with Crippen LogP contribution in [0.5, 0.6) is 0 Å². The highest BCUT2D eigenvalue weighted by atomic mass is 14.9. The lowest BCUT2D eigenvalue weighted by Crippen LogP contribution is -2.34. The van der Waals surface area contributed by atoms with Gasteiger partial charge in [0, 0.05) is 0 Å². The van der Waals surface area contributed by atoms with Crippen LogP contribution in [0, 0.1) is 0 Å². The first-order valence-corrected chi connectivity index (χ1v) is 3.90. The second kappa shape index (κ2) is 3.05. The van der Waals surface area contributed by atoms with Gasteiger partial charge in [-0.05, 0) is 20.9 Å². The SMILES string of the molecule is CNC1(C)C=CC=C(C)C=C1. The summed E-state index contributed by atoms with van der Waals surface area (Å²) in [5, 5.41) is 3.23. The summed E-state index contributed by atoms with van der Waals surface area (Å²) in [7, 11) is 1.97. The number of likely N-dealkylation sites (N-methyl/N-ethyl adjacent to an activating group) is 1. The third kappa shape index (κ3) is 2.05. The maximum absolute atomic E-state index is 3.23. The number of allylic oxidation sites excluding steroid dienone is 4. The van der Waals surface area contributed by atoms with Gasteiger partial charge in [-0.3, -0.25) is 0 Å². The van der Waals surface area contributed by atoms with Gasteiger partial charge in [0.25, 0.3) is 0 Å². The molecular weight excluding hydrogens is 134 g/mol. The van der Waals surface area contributed by atoms with Crippen LogP contribution in [-0.2, 0) is 0 Å². The quantitative estimate of drug-likeness (QED) is 0.601. The molecule has 1 rings (SSSR count). The van der Waals surface area contributed by atoms with E-state index >= 15 is 0 Å². The van der Waals surface area contributed by atoms with Crippen LogP contribution in [0.25, 0.3) is 0 Å². The summed E-state index contributed by atoms with van der Waals surface area (Å²) in [5.74, 6) is 0. The number of nitrogens with one attached hydrogen (secondary N) is 1. The molecule has 1 atom stereocenters. The second-order valence-electron chi connectivity index (χ2n) is 3.14. The van der Waals surface area contributed by atoms with Crippen LogP contribution in [-0.4, -0.2) is 12.6 Å². The third-order valence-electron chi connectivity index (χ3n) is 2.03. The lowest BCUT2D eigenvalue weighted by atomic mass is 10.0. The van der Waals surface area contributed by atoms with Gasteiger partial charge in [0.05, 0.1) is 5.54 Å². The molecular formula is C10H15N. The highest BCUT2D eigenvalue weighted by molar-refractivity contribution is 5.32. The molecule has 0 aromatic rings. The Balaban J connectivity index is 2.86. The van der Waals surface area contributed by atoms with Crippen LogP contribution >= 0.6 is 0 Å². The minimum Gasteiger partial charge on any atom is -0.308 e. The van der Waals surface area contributed by atoms with E-state index < -0.39 is 0 Å². The zero-order chi connectivity index (χ0) is 8.32. The molecule has 1 N–H and O–H groups in total. The van der Waals surface area contributed by atoms with Gasteiger partial charge in [0.15, 0.2) is 0 Å². The molecule has 0 aromatic heterocycles. The van der Waals surface area contributed by atoms with Crippen LogP contribution in [0.2, 0.25) is 0 Å².